The molecule has 0 saturated heterocycles. The Bertz CT molecular complexity index is 1270. The molecule has 6 nitrogen and oxygen atoms in total. The van der Waals surface area contributed by atoms with E-state index in [1.54, 1.807) is 12.1 Å². The van der Waals surface area contributed by atoms with Gasteiger partial charge in [-0.15, -0.1) is 0 Å². The summed E-state index contributed by atoms with van der Waals surface area (Å²) in [6.07, 6.45) is 0.655. The molecule has 160 valence electrons. The maximum Gasteiger partial charge on any atom is 0.264 e. The third-order valence-electron chi connectivity index (χ3n) is 5.26. The molecule has 0 fully saturated rings. The molecule has 0 radical (unpaired) electrons. The number of hydrogen-bond donors (Lipinski definition) is 1. The molecule has 0 spiro atoms. The Morgan fingerprint density at radius 1 is 1.10 bits per heavy atom. The number of rotatable bonds is 5. The van der Waals surface area contributed by atoms with Crippen LogP contribution in [0, 0.1) is 6.92 Å². The van der Waals surface area contributed by atoms with Crippen molar-refractivity contribution in [2.75, 3.05) is 23.3 Å². The Morgan fingerprint density at radius 2 is 1.87 bits per heavy atom. The number of para-hydroxylation sites is 1. The number of amides is 1. The second kappa shape index (κ2) is 8.36. The highest BCUT2D eigenvalue weighted by molar-refractivity contribution is 9.10. The van der Waals surface area contributed by atoms with Gasteiger partial charge in [-0.25, -0.2) is 8.42 Å². The fourth-order valence-corrected chi connectivity index (χ4v) is 5.41. The van der Waals surface area contributed by atoms with E-state index in [-0.39, 0.29) is 10.5 Å². The van der Waals surface area contributed by atoms with Gasteiger partial charge in [-0.05, 0) is 66.9 Å². The van der Waals surface area contributed by atoms with Crippen LogP contribution in [-0.2, 0) is 16.4 Å². The molecular formula is C23H21BrN2O4S. The van der Waals surface area contributed by atoms with E-state index < -0.39 is 15.9 Å². The van der Waals surface area contributed by atoms with Crippen LogP contribution < -0.4 is 14.4 Å². The SMILES string of the molecule is COc1ccc(S(=O)(=O)N2CCc3ccccc32)cc1C(=O)Nc1ccc(Br)c(C)c1. The second-order valence-electron chi connectivity index (χ2n) is 7.24. The molecule has 1 heterocycles. The monoisotopic (exact) mass is 500 g/mol. The number of sulfonamides is 1. The summed E-state index contributed by atoms with van der Waals surface area (Å²) >= 11 is 3.43. The highest BCUT2D eigenvalue weighted by Gasteiger charge is 2.31. The minimum atomic E-state index is -3.83. The summed E-state index contributed by atoms with van der Waals surface area (Å²) in [5.74, 6) is -0.149. The summed E-state index contributed by atoms with van der Waals surface area (Å²) in [4.78, 5) is 13.0. The number of nitrogens with one attached hydrogen (secondary N) is 1. The van der Waals surface area contributed by atoms with Crippen molar-refractivity contribution in [1.82, 2.24) is 0 Å². The molecule has 0 bridgehead atoms. The first-order chi connectivity index (χ1) is 14.8. The van der Waals surface area contributed by atoms with Crippen LogP contribution in [0.25, 0.3) is 0 Å². The maximum absolute atomic E-state index is 13.4. The number of ether oxygens (including phenoxy) is 1. The molecule has 1 aliphatic rings. The maximum atomic E-state index is 13.4. The van der Waals surface area contributed by atoms with E-state index in [0.717, 1.165) is 15.6 Å². The molecule has 0 unspecified atom stereocenters. The number of aryl methyl sites for hydroxylation is 1. The van der Waals surface area contributed by atoms with Gasteiger partial charge in [-0.1, -0.05) is 34.1 Å². The van der Waals surface area contributed by atoms with Gasteiger partial charge < -0.3 is 10.1 Å². The molecule has 8 heteroatoms. The summed E-state index contributed by atoms with van der Waals surface area (Å²) in [6, 6.07) is 17.2. The summed E-state index contributed by atoms with van der Waals surface area (Å²) in [6.45, 7) is 2.29. The Balaban J connectivity index is 1.69. The average Bonchev–Trinajstić information content (AvgIpc) is 3.21. The highest BCUT2D eigenvalue weighted by atomic mass is 79.9. The fraction of sp³-hybridized carbons (Fsp3) is 0.174. The molecule has 4 rings (SSSR count). The van der Waals surface area contributed by atoms with Crippen molar-refractivity contribution in [1.29, 1.82) is 0 Å². The lowest BCUT2D eigenvalue weighted by molar-refractivity contribution is 0.102. The van der Waals surface area contributed by atoms with E-state index in [4.69, 9.17) is 4.74 Å². The number of hydrogen-bond acceptors (Lipinski definition) is 4. The topological polar surface area (TPSA) is 75.7 Å². The van der Waals surface area contributed by atoms with E-state index in [9.17, 15) is 13.2 Å². The van der Waals surface area contributed by atoms with Gasteiger partial charge in [0.1, 0.15) is 5.75 Å². The quantitative estimate of drug-likeness (QED) is 0.547. The summed E-state index contributed by atoms with van der Waals surface area (Å²) in [7, 11) is -2.38. The number of methoxy groups -OCH3 is 1. The second-order valence-corrected chi connectivity index (χ2v) is 9.95. The molecule has 3 aromatic carbocycles. The lowest BCUT2D eigenvalue weighted by Crippen LogP contribution is -2.29. The molecule has 1 aliphatic heterocycles. The number of carbonyl (C=O) groups excluding carboxylic acids is 1. The van der Waals surface area contributed by atoms with Gasteiger partial charge in [0.2, 0.25) is 0 Å². The fourth-order valence-electron chi connectivity index (χ4n) is 3.63. The molecule has 31 heavy (non-hydrogen) atoms. The van der Waals surface area contributed by atoms with E-state index >= 15 is 0 Å². The van der Waals surface area contributed by atoms with Crippen LogP contribution in [0.1, 0.15) is 21.5 Å². The zero-order valence-electron chi connectivity index (χ0n) is 17.1. The van der Waals surface area contributed by atoms with Crippen molar-refractivity contribution in [2.45, 2.75) is 18.2 Å². The minimum absolute atomic E-state index is 0.0436. The zero-order valence-corrected chi connectivity index (χ0v) is 19.5. The van der Waals surface area contributed by atoms with Crippen LogP contribution in [0.2, 0.25) is 0 Å². The minimum Gasteiger partial charge on any atom is -0.496 e. The first-order valence-electron chi connectivity index (χ1n) is 9.67. The Kier molecular flexibility index (Phi) is 5.77. The van der Waals surface area contributed by atoms with Crippen molar-refractivity contribution in [3.8, 4) is 5.75 Å². The molecule has 1 N–H and O–H groups in total. The molecule has 0 saturated carbocycles. The van der Waals surface area contributed by atoms with Crippen LogP contribution in [-0.4, -0.2) is 28.0 Å². The number of carbonyl (C=O) groups is 1. The van der Waals surface area contributed by atoms with Gasteiger partial charge >= 0.3 is 0 Å². The van der Waals surface area contributed by atoms with Crippen molar-refractivity contribution in [3.63, 3.8) is 0 Å². The van der Waals surface area contributed by atoms with Crippen molar-refractivity contribution in [2.24, 2.45) is 0 Å². The Hall–Kier alpha value is -2.84. The zero-order chi connectivity index (χ0) is 22.2. The standard InChI is InChI=1S/C23H21BrN2O4S/c1-15-13-17(7-9-20(15)24)25-23(27)19-14-18(8-10-22(19)30-2)31(28,29)26-12-11-16-5-3-4-6-21(16)26/h3-10,13-14H,11-12H2,1-2H3,(H,25,27). The van der Waals surface area contributed by atoms with Crippen molar-refractivity contribution < 1.29 is 17.9 Å². The summed E-state index contributed by atoms with van der Waals surface area (Å²) in [5, 5.41) is 2.82. The summed E-state index contributed by atoms with van der Waals surface area (Å²) < 4.78 is 34.4. The number of anilines is 2. The van der Waals surface area contributed by atoms with Gasteiger partial charge in [0.05, 0.1) is 23.3 Å². The smallest absolute Gasteiger partial charge is 0.264 e. The van der Waals surface area contributed by atoms with Crippen LogP contribution in [0.3, 0.4) is 0 Å². The lowest BCUT2D eigenvalue weighted by Gasteiger charge is -2.20. The first kappa shape index (κ1) is 21.4. The van der Waals surface area contributed by atoms with Crippen LogP contribution in [0.5, 0.6) is 5.75 Å². The average molecular weight is 501 g/mol. The van der Waals surface area contributed by atoms with Gasteiger partial charge in [0.25, 0.3) is 15.9 Å². The van der Waals surface area contributed by atoms with E-state index in [1.807, 2.05) is 37.3 Å². The molecular weight excluding hydrogens is 480 g/mol. The number of fused-ring (bicyclic) bond motifs is 1. The van der Waals surface area contributed by atoms with E-state index in [2.05, 4.69) is 21.2 Å². The van der Waals surface area contributed by atoms with E-state index in [1.165, 1.54) is 29.6 Å². The molecule has 3 aromatic rings. The molecule has 0 atom stereocenters. The lowest BCUT2D eigenvalue weighted by atomic mass is 10.1. The third-order valence-corrected chi connectivity index (χ3v) is 7.96. The predicted molar refractivity (Wildman–Crippen MR) is 125 cm³/mol. The van der Waals surface area contributed by atoms with Crippen LogP contribution in [0.15, 0.2) is 70.0 Å². The van der Waals surface area contributed by atoms with Crippen LogP contribution >= 0.6 is 15.9 Å². The van der Waals surface area contributed by atoms with Crippen molar-refractivity contribution in [3.05, 3.63) is 81.8 Å². The largest absolute Gasteiger partial charge is 0.496 e. The van der Waals surface area contributed by atoms with Gasteiger partial charge in [0, 0.05) is 16.7 Å². The Morgan fingerprint density at radius 3 is 2.61 bits per heavy atom. The third kappa shape index (κ3) is 4.05. The van der Waals surface area contributed by atoms with Crippen LogP contribution in [0.4, 0.5) is 11.4 Å². The van der Waals surface area contributed by atoms with Gasteiger partial charge in [0.15, 0.2) is 0 Å². The molecule has 1 amide bonds. The highest BCUT2D eigenvalue weighted by Crippen LogP contribution is 2.34. The van der Waals surface area contributed by atoms with Gasteiger partial charge in [-0.3, -0.25) is 9.10 Å². The number of halogens is 1. The molecule has 0 aliphatic carbocycles. The van der Waals surface area contributed by atoms with Crippen molar-refractivity contribution >= 4 is 43.2 Å². The first-order valence-corrected chi connectivity index (χ1v) is 11.9. The van der Waals surface area contributed by atoms with E-state index in [0.29, 0.717) is 30.1 Å². The predicted octanol–water partition coefficient (Wildman–Crippen LogP) is 4.77. The number of nitrogens with zero attached hydrogens (tertiary/aromatic N) is 1. The normalized spacial score (nSPS) is 13.1. The molecule has 0 aromatic heterocycles. The number of benzene rings is 3. The Labute approximate surface area is 190 Å². The van der Waals surface area contributed by atoms with Gasteiger partial charge in [-0.2, -0.15) is 0 Å². The summed E-state index contributed by atoms with van der Waals surface area (Å²) in [5.41, 5.74) is 3.39.